The molecule has 138 valence electrons. The number of amides is 1. The number of hydrogen-bond acceptors (Lipinski definition) is 6. The van der Waals surface area contributed by atoms with Gasteiger partial charge in [-0.15, -0.1) is 0 Å². The van der Waals surface area contributed by atoms with Crippen LogP contribution in [0.4, 0.5) is 5.69 Å². The Morgan fingerprint density at radius 3 is 2.48 bits per heavy atom. The van der Waals surface area contributed by atoms with E-state index in [4.69, 9.17) is 14.2 Å². The molecule has 0 radical (unpaired) electrons. The number of nitrogens with zero attached hydrogens (tertiary/aromatic N) is 1. The molecule has 7 heteroatoms. The summed E-state index contributed by atoms with van der Waals surface area (Å²) in [5.41, 5.74) is 2.07. The average molecular weight is 366 g/mol. The highest BCUT2D eigenvalue weighted by Crippen LogP contribution is 2.28. The topological polar surface area (TPSA) is 86.2 Å². The molecule has 0 aliphatic carbocycles. The highest BCUT2D eigenvalue weighted by atomic mass is 16.6. The summed E-state index contributed by atoms with van der Waals surface area (Å²) in [7, 11) is 3.10. The van der Waals surface area contributed by atoms with Gasteiger partial charge in [0.25, 0.3) is 0 Å². The van der Waals surface area contributed by atoms with E-state index >= 15 is 0 Å². The zero-order valence-electron chi connectivity index (χ0n) is 15.1. The molecule has 7 nitrogen and oxygen atoms in total. The zero-order valence-corrected chi connectivity index (χ0v) is 15.1. The number of methoxy groups -OCH3 is 2. The maximum Gasteiger partial charge on any atom is 0.363 e. The molecule has 0 saturated carbocycles. The van der Waals surface area contributed by atoms with Crippen LogP contribution in [0.15, 0.2) is 53.2 Å². The van der Waals surface area contributed by atoms with E-state index < -0.39 is 5.97 Å². The lowest BCUT2D eigenvalue weighted by Crippen LogP contribution is -2.07. The van der Waals surface area contributed by atoms with Gasteiger partial charge in [-0.2, -0.15) is 0 Å². The molecule has 0 aromatic heterocycles. The maximum absolute atomic E-state index is 12.2. The van der Waals surface area contributed by atoms with Gasteiger partial charge in [-0.25, -0.2) is 9.79 Å². The van der Waals surface area contributed by atoms with E-state index in [0.29, 0.717) is 28.3 Å². The molecular formula is C20H18N2O5. The minimum absolute atomic E-state index is 0.155. The second kappa shape index (κ2) is 7.74. The third-order valence-corrected chi connectivity index (χ3v) is 3.80. The molecule has 0 unspecified atom stereocenters. The molecule has 0 atom stereocenters. The molecule has 2 aromatic carbocycles. The monoisotopic (exact) mass is 366 g/mol. The first-order chi connectivity index (χ1) is 13.0. The third kappa shape index (κ3) is 4.14. The van der Waals surface area contributed by atoms with Gasteiger partial charge in [0.1, 0.15) is 11.5 Å². The van der Waals surface area contributed by atoms with Crippen molar-refractivity contribution in [2.45, 2.75) is 6.92 Å². The summed E-state index contributed by atoms with van der Waals surface area (Å²) in [5, 5.41) is 2.67. The van der Waals surface area contributed by atoms with E-state index in [1.807, 2.05) is 0 Å². The predicted octanol–water partition coefficient (Wildman–Crippen LogP) is 3.01. The van der Waals surface area contributed by atoms with Crippen LogP contribution in [-0.4, -0.2) is 32.0 Å². The van der Waals surface area contributed by atoms with Crippen LogP contribution in [0.5, 0.6) is 11.5 Å². The van der Waals surface area contributed by atoms with Crippen molar-refractivity contribution in [3.63, 3.8) is 0 Å². The fourth-order valence-electron chi connectivity index (χ4n) is 2.53. The Balaban J connectivity index is 1.90. The largest absolute Gasteiger partial charge is 0.497 e. The number of carbonyl (C=O) groups is 2. The van der Waals surface area contributed by atoms with Crippen LogP contribution in [-0.2, 0) is 14.3 Å². The molecule has 1 aliphatic rings. The Kier molecular flexibility index (Phi) is 5.21. The van der Waals surface area contributed by atoms with Gasteiger partial charge < -0.3 is 19.5 Å². The highest BCUT2D eigenvalue weighted by Gasteiger charge is 2.24. The fraction of sp³-hybridized carbons (Fsp3) is 0.150. The molecule has 0 fully saturated rings. The summed E-state index contributed by atoms with van der Waals surface area (Å²) >= 11 is 0. The number of ether oxygens (including phenoxy) is 3. The summed E-state index contributed by atoms with van der Waals surface area (Å²) < 4.78 is 15.8. The quantitative estimate of drug-likeness (QED) is 0.649. The highest BCUT2D eigenvalue weighted by molar-refractivity contribution is 6.13. The third-order valence-electron chi connectivity index (χ3n) is 3.80. The molecule has 27 heavy (non-hydrogen) atoms. The second-order valence-corrected chi connectivity index (χ2v) is 5.70. The van der Waals surface area contributed by atoms with E-state index in [1.165, 1.54) is 6.92 Å². The number of cyclic esters (lactones) is 1. The SMILES string of the molecule is COc1ccc(OC)c(/C=C2\N=C(c3ccc(NC(C)=O)cc3)OC2=O)c1. The van der Waals surface area contributed by atoms with E-state index in [-0.39, 0.29) is 17.5 Å². The van der Waals surface area contributed by atoms with Crippen LogP contribution in [0.3, 0.4) is 0 Å². The first-order valence-electron chi connectivity index (χ1n) is 8.13. The number of nitrogens with one attached hydrogen (secondary N) is 1. The number of esters is 1. The minimum Gasteiger partial charge on any atom is -0.497 e. The zero-order chi connectivity index (χ0) is 19.4. The number of carbonyl (C=O) groups excluding carboxylic acids is 2. The molecule has 3 rings (SSSR count). The Labute approximate surface area is 156 Å². The molecule has 1 aliphatic heterocycles. The number of aliphatic imine (C=N–C) groups is 1. The fourth-order valence-corrected chi connectivity index (χ4v) is 2.53. The molecule has 1 amide bonds. The van der Waals surface area contributed by atoms with Crippen LogP contribution in [0.25, 0.3) is 6.08 Å². The molecule has 0 spiro atoms. The maximum atomic E-state index is 12.2. The standard InChI is InChI=1S/C20H18N2O5/c1-12(23)21-15-6-4-13(5-7-15)19-22-17(20(24)27-19)11-14-10-16(25-2)8-9-18(14)26-3/h4-11H,1-3H3,(H,21,23)/b17-11-. The Morgan fingerprint density at radius 2 is 1.85 bits per heavy atom. The molecule has 0 saturated heterocycles. The summed E-state index contributed by atoms with van der Waals surface area (Å²) in [6.07, 6.45) is 1.59. The lowest BCUT2D eigenvalue weighted by atomic mass is 10.1. The van der Waals surface area contributed by atoms with E-state index in [2.05, 4.69) is 10.3 Å². The van der Waals surface area contributed by atoms with Gasteiger partial charge in [-0.3, -0.25) is 4.79 Å². The number of benzene rings is 2. The lowest BCUT2D eigenvalue weighted by molar-refractivity contribution is -0.129. The van der Waals surface area contributed by atoms with Gasteiger partial charge >= 0.3 is 5.97 Å². The average Bonchev–Trinajstić information content (AvgIpc) is 3.02. The second-order valence-electron chi connectivity index (χ2n) is 5.70. The molecule has 0 bridgehead atoms. The van der Waals surface area contributed by atoms with Crippen LogP contribution in [0.1, 0.15) is 18.1 Å². The summed E-state index contributed by atoms with van der Waals surface area (Å²) in [5.74, 6) is 0.694. The first-order valence-corrected chi connectivity index (χ1v) is 8.13. The van der Waals surface area contributed by atoms with Gasteiger partial charge in [0.2, 0.25) is 11.8 Å². The Bertz CT molecular complexity index is 945. The smallest absolute Gasteiger partial charge is 0.363 e. The van der Waals surface area contributed by atoms with Crippen LogP contribution in [0.2, 0.25) is 0 Å². The predicted molar refractivity (Wildman–Crippen MR) is 101 cm³/mol. The number of rotatable bonds is 5. The van der Waals surface area contributed by atoms with Gasteiger partial charge in [0.05, 0.1) is 14.2 Å². The normalized spacial score (nSPS) is 14.6. The molecule has 1 heterocycles. The van der Waals surface area contributed by atoms with Crippen molar-refractivity contribution in [3.05, 3.63) is 59.3 Å². The van der Waals surface area contributed by atoms with Crippen molar-refractivity contribution in [3.8, 4) is 11.5 Å². The first kappa shape index (κ1) is 18.2. The van der Waals surface area contributed by atoms with Crippen LogP contribution in [0, 0.1) is 0 Å². The molecule has 2 aromatic rings. The van der Waals surface area contributed by atoms with Crippen LogP contribution >= 0.6 is 0 Å². The van der Waals surface area contributed by atoms with E-state index in [0.717, 1.165) is 0 Å². The van der Waals surface area contributed by atoms with Gasteiger partial charge in [-0.05, 0) is 48.5 Å². The molecule has 1 N–H and O–H groups in total. The van der Waals surface area contributed by atoms with Crippen LogP contribution < -0.4 is 14.8 Å². The van der Waals surface area contributed by atoms with Gasteiger partial charge in [0.15, 0.2) is 5.70 Å². The van der Waals surface area contributed by atoms with Crippen molar-refractivity contribution < 1.29 is 23.8 Å². The lowest BCUT2D eigenvalue weighted by Gasteiger charge is -2.07. The summed E-state index contributed by atoms with van der Waals surface area (Å²) in [6, 6.07) is 12.1. The van der Waals surface area contributed by atoms with Crippen molar-refractivity contribution in [2.75, 3.05) is 19.5 Å². The summed E-state index contributed by atoms with van der Waals surface area (Å²) in [4.78, 5) is 27.6. The minimum atomic E-state index is -0.555. The van der Waals surface area contributed by atoms with E-state index in [9.17, 15) is 9.59 Å². The van der Waals surface area contributed by atoms with Gasteiger partial charge in [-0.1, -0.05) is 0 Å². The Morgan fingerprint density at radius 1 is 1.11 bits per heavy atom. The van der Waals surface area contributed by atoms with E-state index in [1.54, 1.807) is 62.8 Å². The Hall–Kier alpha value is -3.61. The van der Waals surface area contributed by atoms with Gasteiger partial charge in [0, 0.05) is 23.7 Å². The molecular weight excluding hydrogens is 348 g/mol. The van der Waals surface area contributed by atoms with Crippen molar-refractivity contribution in [2.24, 2.45) is 4.99 Å². The van der Waals surface area contributed by atoms with Crippen molar-refractivity contribution in [1.29, 1.82) is 0 Å². The van der Waals surface area contributed by atoms with Crippen molar-refractivity contribution in [1.82, 2.24) is 0 Å². The summed E-state index contributed by atoms with van der Waals surface area (Å²) in [6.45, 7) is 1.43. The number of hydrogen-bond donors (Lipinski definition) is 1. The van der Waals surface area contributed by atoms with Crippen molar-refractivity contribution >= 4 is 29.5 Å². The number of anilines is 1.